The quantitative estimate of drug-likeness (QED) is 0.487. The maximum absolute atomic E-state index is 5.76. The molecule has 2 aliphatic heterocycles. The molecule has 2 bridgehead atoms. The van der Waals surface area contributed by atoms with Gasteiger partial charge in [0.1, 0.15) is 11.5 Å². The molecular formula is C29H34N6. The van der Waals surface area contributed by atoms with Crippen molar-refractivity contribution in [1.82, 2.24) is 24.8 Å². The highest BCUT2D eigenvalue weighted by atomic mass is 15.4. The molecule has 5 rings (SSSR count). The molecule has 4 heterocycles. The molecule has 1 saturated heterocycles. The van der Waals surface area contributed by atoms with Crippen molar-refractivity contribution < 1.29 is 0 Å². The Labute approximate surface area is 208 Å². The zero-order valence-electron chi connectivity index (χ0n) is 20.8. The van der Waals surface area contributed by atoms with Crippen LogP contribution in [0.4, 0.5) is 5.82 Å². The summed E-state index contributed by atoms with van der Waals surface area (Å²) >= 11 is 0. The number of allylic oxidation sites excluding steroid dienone is 1. The number of nitrogens with one attached hydrogen (secondary N) is 1. The number of piperidine rings is 1. The third-order valence-electron chi connectivity index (χ3n) is 7.25. The number of fused-ring (bicyclic) bond motifs is 4. The van der Waals surface area contributed by atoms with Crippen LogP contribution in [0.2, 0.25) is 0 Å². The zero-order chi connectivity index (χ0) is 24.5. The summed E-state index contributed by atoms with van der Waals surface area (Å²) in [6.45, 7) is 13.6. The Morgan fingerprint density at radius 1 is 1.11 bits per heavy atom. The molecule has 2 aliphatic rings. The van der Waals surface area contributed by atoms with Gasteiger partial charge >= 0.3 is 0 Å². The number of hydrogen-bond acceptors (Lipinski definition) is 5. The van der Waals surface area contributed by atoms with Crippen molar-refractivity contribution in [2.75, 3.05) is 31.6 Å². The van der Waals surface area contributed by atoms with Crippen molar-refractivity contribution in [3.8, 4) is 12.3 Å². The molecule has 6 nitrogen and oxygen atoms in total. The van der Waals surface area contributed by atoms with Crippen LogP contribution in [0, 0.1) is 19.3 Å². The molecule has 0 unspecified atom stereocenters. The normalized spacial score (nSPS) is 19.3. The van der Waals surface area contributed by atoms with Gasteiger partial charge in [0.15, 0.2) is 5.65 Å². The van der Waals surface area contributed by atoms with Gasteiger partial charge in [-0.2, -0.15) is 9.61 Å². The van der Waals surface area contributed by atoms with Crippen molar-refractivity contribution in [1.29, 1.82) is 0 Å². The minimum Gasteiger partial charge on any atom is -0.387 e. The predicted molar refractivity (Wildman–Crippen MR) is 143 cm³/mol. The molecule has 0 aliphatic carbocycles. The average molecular weight is 467 g/mol. The first-order valence-electron chi connectivity index (χ1n) is 12.5. The molecule has 0 saturated carbocycles. The lowest BCUT2D eigenvalue weighted by Gasteiger charge is -2.38. The second-order valence-electron chi connectivity index (χ2n) is 9.75. The van der Waals surface area contributed by atoms with Gasteiger partial charge in [0, 0.05) is 55.8 Å². The van der Waals surface area contributed by atoms with Crippen molar-refractivity contribution in [2.24, 2.45) is 0 Å². The van der Waals surface area contributed by atoms with Gasteiger partial charge in [-0.3, -0.25) is 0 Å². The van der Waals surface area contributed by atoms with E-state index >= 15 is 0 Å². The number of anilines is 1. The van der Waals surface area contributed by atoms with E-state index in [0.717, 1.165) is 73.9 Å². The molecule has 3 aromatic rings. The lowest BCUT2D eigenvalue weighted by Crippen LogP contribution is -2.33. The zero-order valence-corrected chi connectivity index (χ0v) is 20.8. The van der Waals surface area contributed by atoms with Crippen molar-refractivity contribution >= 4 is 17.2 Å². The van der Waals surface area contributed by atoms with Crippen LogP contribution in [0.25, 0.3) is 11.3 Å². The second kappa shape index (κ2) is 9.50. The number of aryl methyl sites for hydroxylation is 2. The standard InChI is InChI=1S/C29H34N6/c1-6-24-18-29-33(5)16-14-30-21(3)11-13-23-12-10-20(2)17-25(23)22(4)34-15-8-7-9-27(34)26-19-28(31-24)35(29)32-26/h1,10,12,17-19,27,30H,3-4,7-9,11,13-16H2,2,5H3/t27-/m0/s1. The monoisotopic (exact) mass is 466 g/mol. The Bertz CT molecular complexity index is 1330. The third kappa shape index (κ3) is 4.51. The Balaban J connectivity index is 1.65. The fourth-order valence-electron chi connectivity index (χ4n) is 5.27. The number of terminal acetylenes is 1. The largest absolute Gasteiger partial charge is 0.387 e. The van der Waals surface area contributed by atoms with Gasteiger partial charge in [-0.05, 0) is 50.7 Å². The molecule has 1 atom stereocenters. The van der Waals surface area contributed by atoms with E-state index in [0.29, 0.717) is 5.69 Å². The van der Waals surface area contributed by atoms with Gasteiger partial charge in [0.25, 0.3) is 0 Å². The third-order valence-corrected chi connectivity index (χ3v) is 7.25. The molecule has 1 N–H and O–H groups in total. The highest BCUT2D eigenvalue weighted by Gasteiger charge is 2.29. The first kappa shape index (κ1) is 23.0. The lowest BCUT2D eigenvalue weighted by molar-refractivity contribution is 0.226. The van der Waals surface area contributed by atoms with Crippen LogP contribution in [-0.2, 0) is 6.42 Å². The Kier molecular flexibility index (Phi) is 6.25. The van der Waals surface area contributed by atoms with Gasteiger partial charge in [-0.25, -0.2) is 4.98 Å². The minimum atomic E-state index is 0.156. The topological polar surface area (TPSA) is 48.7 Å². The molecule has 6 heteroatoms. The number of likely N-dealkylation sites (N-methyl/N-ethyl adjacent to an activating group) is 1. The fraction of sp³-hybridized carbons (Fsp3) is 0.379. The number of benzene rings is 1. The molecule has 0 amide bonds. The van der Waals surface area contributed by atoms with Crippen LogP contribution >= 0.6 is 0 Å². The first-order chi connectivity index (χ1) is 16.9. The summed E-state index contributed by atoms with van der Waals surface area (Å²) in [4.78, 5) is 9.32. The first-order valence-corrected chi connectivity index (χ1v) is 12.5. The molecule has 1 fully saturated rings. The van der Waals surface area contributed by atoms with Gasteiger partial charge in [-0.15, -0.1) is 6.42 Å². The van der Waals surface area contributed by atoms with Gasteiger partial charge in [-0.1, -0.05) is 36.8 Å². The SMILES string of the molecule is C#Cc1cc2n3nc(cc3n1)[C@@H]1CCCCN1C(=C)c1cc(C)ccc1CCC(=C)NCCN2C. The molecule has 0 radical (unpaired) electrons. The van der Waals surface area contributed by atoms with Crippen LogP contribution in [-0.4, -0.2) is 46.2 Å². The summed E-state index contributed by atoms with van der Waals surface area (Å²) in [6, 6.07) is 10.9. The maximum Gasteiger partial charge on any atom is 0.159 e. The number of hydrogen-bond donors (Lipinski definition) is 1. The van der Waals surface area contributed by atoms with Crippen molar-refractivity contribution in [3.63, 3.8) is 0 Å². The van der Waals surface area contributed by atoms with E-state index in [4.69, 9.17) is 16.5 Å². The van der Waals surface area contributed by atoms with E-state index in [1.165, 1.54) is 23.1 Å². The number of nitrogens with zero attached hydrogens (tertiary/aromatic N) is 5. The summed E-state index contributed by atoms with van der Waals surface area (Å²) < 4.78 is 1.94. The summed E-state index contributed by atoms with van der Waals surface area (Å²) in [7, 11) is 2.07. The summed E-state index contributed by atoms with van der Waals surface area (Å²) in [5.74, 6) is 3.65. The van der Waals surface area contributed by atoms with E-state index < -0.39 is 0 Å². The smallest absolute Gasteiger partial charge is 0.159 e. The highest BCUT2D eigenvalue weighted by Crippen LogP contribution is 2.38. The van der Waals surface area contributed by atoms with E-state index in [2.05, 4.69) is 72.4 Å². The Morgan fingerprint density at radius 2 is 1.97 bits per heavy atom. The van der Waals surface area contributed by atoms with Gasteiger partial charge in [0.05, 0.1) is 11.7 Å². The Morgan fingerprint density at radius 3 is 2.80 bits per heavy atom. The van der Waals surface area contributed by atoms with Crippen LogP contribution in [0.15, 0.2) is 49.2 Å². The Hall–Kier alpha value is -3.72. The number of rotatable bonds is 0. The molecule has 180 valence electrons. The highest BCUT2D eigenvalue weighted by molar-refractivity contribution is 5.67. The average Bonchev–Trinajstić information content (AvgIpc) is 3.30. The second-order valence-corrected chi connectivity index (χ2v) is 9.75. The van der Waals surface area contributed by atoms with E-state index in [-0.39, 0.29) is 6.04 Å². The lowest BCUT2D eigenvalue weighted by atomic mass is 9.93. The van der Waals surface area contributed by atoms with Gasteiger partial charge < -0.3 is 15.1 Å². The van der Waals surface area contributed by atoms with Crippen molar-refractivity contribution in [2.45, 2.75) is 45.1 Å². The summed E-state index contributed by atoms with van der Waals surface area (Å²) in [6.07, 6.45) is 10.9. The molecular weight excluding hydrogens is 432 g/mol. The maximum atomic E-state index is 5.76. The minimum absolute atomic E-state index is 0.156. The van der Waals surface area contributed by atoms with Crippen LogP contribution in [0.5, 0.6) is 0 Å². The molecule has 35 heavy (non-hydrogen) atoms. The fourth-order valence-corrected chi connectivity index (χ4v) is 5.27. The van der Waals surface area contributed by atoms with Crippen LogP contribution in [0.3, 0.4) is 0 Å². The molecule has 2 aromatic heterocycles. The molecule has 1 aromatic carbocycles. The van der Waals surface area contributed by atoms with Crippen LogP contribution in [0.1, 0.15) is 59.8 Å². The summed E-state index contributed by atoms with van der Waals surface area (Å²) in [5, 5.41) is 8.58. The molecule has 0 spiro atoms. The van der Waals surface area contributed by atoms with E-state index in [1.54, 1.807) is 0 Å². The van der Waals surface area contributed by atoms with E-state index in [1.807, 2.05) is 10.6 Å². The van der Waals surface area contributed by atoms with Crippen molar-refractivity contribution in [3.05, 3.63) is 77.3 Å². The summed E-state index contributed by atoms with van der Waals surface area (Å²) in [5.41, 5.74) is 8.34. The number of aromatic nitrogens is 3. The predicted octanol–water partition coefficient (Wildman–Crippen LogP) is 4.70. The van der Waals surface area contributed by atoms with Crippen LogP contribution < -0.4 is 10.2 Å². The van der Waals surface area contributed by atoms with Gasteiger partial charge in [0.2, 0.25) is 0 Å². The van der Waals surface area contributed by atoms with E-state index in [9.17, 15) is 0 Å².